The van der Waals surface area contributed by atoms with Crippen molar-refractivity contribution in [1.82, 2.24) is 0 Å². The minimum atomic E-state index is -3.95. The predicted octanol–water partition coefficient (Wildman–Crippen LogP) is 5.29. The van der Waals surface area contributed by atoms with Crippen LogP contribution in [0.15, 0.2) is 33.8 Å². The summed E-state index contributed by atoms with van der Waals surface area (Å²) in [5.74, 6) is -0.0189. The van der Waals surface area contributed by atoms with Gasteiger partial charge in [-0.1, -0.05) is 59.7 Å². The molecule has 0 bridgehead atoms. The molecule has 5 nitrogen and oxygen atoms in total. The number of fused-ring (bicyclic) bond motifs is 1. The molecule has 1 aromatic carbocycles. The van der Waals surface area contributed by atoms with Crippen molar-refractivity contribution < 1.29 is 22.7 Å². The Hall–Kier alpha value is -1.92. The molecule has 0 saturated heterocycles. The molecular weight excluding hydrogens is 424 g/mol. The number of sulfone groups is 1. The van der Waals surface area contributed by atoms with Gasteiger partial charge in [-0.25, -0.2) is 8.42 Å². The van der Waals surface area contributed by atoms with Crippen LogP contribution in [0, 0.1) is 5.41 Å². The lowest BCUT2D eigenvalue weighted by Gasteiger charge is -2.43. The zero-order chi connectivity index (χ0) is 24.1. The Bertz CT molecular complexity index is 1090. The predicted molar refractivity (Wildman–Crippen MR) is 126 cm³/mol. The van der Waals surface area contributed by atoms with Crippen molar-refractivity contribution in [1.29, 1.82) is 0 Å². The van der Waals surface area contributed by atoms with Crippen molar-refractivity contribution in [3.63, 3.8) is 0 Å². The smallest absolute Gasteiger partial charge is 0.219 e. The molecule has 0 saturated carbocycles. The SMILES string of the molecule is CC(C)c1cccc(C(C)C)c1CC(=O)CS(=O)(=O)c1cc2c(o1)CCC(C)(C)C2(C)O. The molecule has 1 heterocycles. The summed E-state index contributed by atoms with van der Waals surface area (Å²) >= 11 is 0. The largest absolute Gasteiger partial charge is 0.449 e. The molecule has 0 spiro atoms. The standard InChI is InChI=1S/C26H36O5S/c1-16(2)19-9-8-10-20(17(3)4)21(19)13-18(27)15-32(29,30)24-14-22-23(31-24)11-12-25(5,6)26(22,7)28/h8-10,14,16-17,28H,11-13,15H2,1-7H3. The van der Waals surface area contributed by atoms with Gasteiger partial charge in [-0.05, 0) is 47.3 Å². The van der Waals surface area contributed by atoms with Crippen LogP contribution < -0.4 is 0 Å². The maximum absolute atomic E-state index is 13.1. The van der Waals surface area contributed by atoms with Gasteiger partial charge in [-0.3, -0.25) is 4.79 Å². The number of hydrogen-bond acceptors (Lipinski definition) is 5. The van der Waals surface area contributed by atoms with E-state index in [1.165, 1.54) is 6.07 Å². The highest BCUT2D eigenvalue weighted by Gasteiger charge is 2.47. The topological polar surface area (TPSA) is 84.6 Å². The second-order valence-electron chi connectivity index (χ2n) is 10.6. The first-order valence-corrected chi connectivity index (χ1v) is 13.0. The molecule has 1 atom stereocenters. The van der Waals surface area contributed by atoms with Gasteiger partial charge in [0.15, 0.2) is 5.78 Å². The van der Waals surface area contributed by atoms with Crippen molar-refractivity contribution in [2.24, 2.45) is 5.41 Å². The van der Waals surface area contributed by atoms with Crippen LogP contribution in [0.2, 0.25) is 0 Å². The number of aryl methyl sites for hydroxylation is 1. The zero-order valence-corrected chi connectivity index (χ0v) is 21.1. The van der Waals surface area contributed by atoms with Gasteiger partial charge < -0.3 is 9.52 Å². The third-order valence-corrected chi connectivity index (χ3v) is 8.65. The highest BCUT2D eigenvalue weighted by molar-refractivity contribution is 7.92. The molecule has 1 aliphatic carbocycles. The fraction of sp³-hybridized carbons (Fsp3) is 0.577. The normalized spacial score (nSPS) is 20.6. The van der Waals surface area contributed by atoms with Crippen LogP contribution in [0.3, 0.4) is 0 Å². The molecule has 1 aliphatic rings. The van der Waals surface area contributed by atoms with Crippen molar-refractivity contribution in [3.8, 4) is 0 Å². The van der Waals surface area contributed by atoms with Crippen molar-refractivity contribution in [2.75, 3.05) is 5.75 Å². The number of rotatable bonds is 7. The summed E-state index contributed by atoms with van der Waals surface area (Å²) < 4.78 is 31.8. The molecule has 0 aliphatic heterocycles. The van der Waals surface area contributed by atoms with Gasteiger partial charge in [-0.15, -0.1) is 0 Å². The fourth-order valence-corrected chi connectivity index (χ4v) is 5.82. The van der Waals surface area contributed by atoms with Crippen LogP contribution in [0.5, 0.6) is 0 Å². The lowest BCUT2D eigenvalue weighted by atomic mass is 9.65. The molecule has 0 radical (unpaired) electrons. The second kappa shape index (κ2) is 8.45. The highest BCUT2D eigenvalue weighted by Crippen LogP contribution is 2.49. The van der Waals surface area contributed by atoms with E-state index in [1.807, 2.05) is 32.0 Å². The highest BCUT2D eigenvalue weighted by atomic mass is 32.2. The van der Waals surface area contributed by atoms with Crippen molar-refractivity contribution in [3.05, 3.63) is 52.3 Å². The lowest BCUT2D eigenvalue weighted by molar-refractivity contribution is -0.116. The Morgan fingerprint density at radius 2 is 1.66 bits per heavy atom. The minimum absolute atomic E-state index is 0.0757. The number of carbonyl (C=O) groups is 1. The first-order valence-electron chi connectivity index (χ1n) is 11.4. The lowest BCUT2D eigenvalue weighted by Crippen LogP contribution is -2.42. The van der Waals surface area contributed by atoms with Crippen LogP contribution in [0.25, 0.3) is 0 Å². The summed E-state index contributed by atoms with van der Waals surface area (Å²) in [4.78, 5) is 13.0. The molecule has 6 heteroatoms. The molecule has 0 amide bonds. The summed E-state index contributed by atoms with van der Waals surface area (Å²) in [5, 5.41) is 10.8. The van der Waals surface area contributed by atoms with Crippen LogP contribution in [0.1, 0.15) is 94.7 Å². The van der Waals surface area contributed by atoms with E-state index in [2.05, 4.69) is 27.7 Å². The van der Waals surface area contributed by atoms with Crippen LogP contribution in [-0.2, 0) is 33.1 Å². The first-order chi connectivity index (χ1) is 14.7. The van der Waals surface area contributed by atoms with E-state index in [9.17, 15) is 18.3 Å². The molecule has 1 N–H and O–H groups in total. The number of benzene rings is 1. The quantitative estimate of drug-likeness (QED) is 0.607. The summed E-state index contributed by atoms with van der Waals surface area (Å²) in [6.07, 6.45) is 1.32. The maximum Gasteiger partial charge on any atom is 0.219 e. The van der Waals surface area contributed by atoms with E-state index in [0.717, 1.165) is 16.7 Å². The average molecular weight is 461 g/mol. The van der Waals surface area contributed by atoms with Gasteiger partial charge in [-0.2, -0.15) is 0 Å². The number of hydrogen-bond donors (Lipinski definition) is 1. The molecule has 32 heavy (non-hydrogen) atoms. The number of Topliss-reactive ketones (excluding diaryl/α,β-unsaturated/α-hetero) is 1. The Balaban J connectivity index is 1.89. The molecule has 0 fully saturated rings. The molecule has 3 rings (SSSR count). The number of ketones is 1. The zero-order valence-electron chi connectivity index (χ0n) is 20.3. The summed E-state index contributed by atoms with van der Waals surface area (Å²) in [6, 6.07) is 7.44. The van der Waals surface area contributed by atoms with Gasteiger partial charge in [0.1, 0.15) is 11.5 Å². The van der Waals surface area contributed by atoms with E-state index >= 15 is 0 Å². The van der Waals surface area contributed by atoms with Crippen molar-refractivity contribution in [2.45, 2.75) is 90.3 Å². The third kappa shape index (κ3) is 4.44. The Morgan fingerprint density at radius 1 is 1.09 bits per heavy atom. The van der Waals surface area contributed by atoms with Crippen LogP contribution in [-0.4, -0.2) is 25.1 Å². The van der Waals surface area contributed by atoms with Crippen molar-refractivity contribution >= 4 is 15.6 Å². The van der Waals surface area contributed by atoms with E-state index in [0.29, 0.717) is 24.2 Å². The van der Waals surface area contributed by atoms with Gasteiger partial charge in [0.25, 0.3) is 0 Å². The van der Waals surface area contributed by atoms with Gasteiger partial charge in [0, 0.05) is 24.5 Å². The van der Waals surface area contributed by atoms with Crippen LogP contribution >= 0.6 is 0 Å². The fourth-order valence-electron chi connectivity index (χ4n) is 4.63. The Labute approximate surface area is 192 Å². The van der Waals surface area contributed by atoms with Gasteiger partial charge >= 0.3 is 0 Å². The third-order valence-electron chi connectivity index (χ3n) is 7.13. The average Bonchev–Trinajstić information content (AvgIpc) is 3.11. The minimum Gasteiger partial charge on any atom is -0.449 e. The number of carbonyl (C=O) groups excluding carboxylic acids is 1. The Kier molecular flexibility index (Phi) is 6.53. The molecule has 1 aromatic heterocycles. The van der Waals surface area contributed by atoms with E-state index in [-0.39, 0.29) is 29.1 Å². The number of furan rings is 1. The van der Waals surface area contributed by atoms with E-state index < -0.39 is 26.6 Å². The maximum atomic E-state index is 13.1. The number of aliphatic hydroxyl groups is 1. The molecule has 176 valence electrons. The van der Waals surface area contributed by atoms with E-state index in [4.69, 9.17) is 4.42 Å². The summed E-state index contributed by atoms with van der Waals surface area (Å²) in [5.41, 5.74) is 1.98. The first kappa shape index (κ1) is 24.7. The molecular formula is C26H36O5S. The second-order valence-corrected chi connectivity index (χ2v) is 12.5. The molecule has 1 unspecified atom stereocenters. The Morgan fingerprint density at radius 3 is 2.19 bits per heavy atom. The summed E-state index contributed by atoms with van der Waals surface area (Å²) in [6.45, 7) is 13.9. The van der Waals surface area contributed by atoms with E-state index in [1.54, 1.807) is 6.92 Å². The van der Waals surface area contributed by atoms with Gasteiger partial charge in [0.05, 0.1) is 5.60 Å². The van der Waals surface area contributed by atoms with Gasteiger partial charge in [0.2, 0.25) is 14.9 Å². The molecule has 2 aromatic rings. The monoisotopic (exact) mass is 460 g/mol. The summed E-state index contributed by atoms with van der Waals surface area (Å²) in [7, 11) is -3.95. The van der Waals surface area contributed by atoms with Crippen LogP contribution in [0.4, 0.5) is 0 Å².